The highest BCUT2D eigenvalue weighted by Gasteiger charge is 2.06. The van der Waals surface area contributed by atoms with E-state index in [1.165, 1.54) is 0 Å². The van der Waals surface area contributed by atoms with Gasteiger partial charge in [0.1, 0.15) is 0 Å². The summed E-state index contributed by atoms with van der Waals surface area (Å²) in [5.41, 5.74) is 2.89. The van der Waals surface area contributed by atoms with E-state index in [0.717, 1.165) is 5.56 Å². The Bertz CT molecular complexity index is 382. The second-order valence-electron chi connectivity index (χ2n) is 3.34. The van der Waals surface area contributed by atoms with Gasteiger partial charge in [0.2, 0.25) is 0 Å². The molecule has 3 N–H and O–H groups in total. The summed E-state index contributed by atoms with van der Waals surface area (Å²) in [6.45, 7) is 2.15. The third-order valence-electron chi connectivity index (χ3n) is 2.06. The number of hydrogen-bond donors (Lipinski definition) is 2. The first-order valence-corrected chi connectivity index (χ1v) is 5.10. The Hall–Kier alpha value is -1.79. The summed E-state index contributed by atoms with van der Waals surface area (Å²) in [6.07, 6.45) is 0.0984. The second kappa shape index (κ2) is 6.72. The Morgan fingerprint density at radius 2 is 2.18 bits per heavy atom. The van der Waals surface area contributed by atoms with Crippen molar-refractivity contribution in [3.63, 3.8) is 0 Å². The van der Waals surface area contributed by atoms with Crippen LogP contribution in [-0.4, -0.2) is 19.7 Å². The summed E-state index contributed by atoms with van der Waals surface area (Å²) in [4.78, 5) is 15.3. The van der Waals surface area contributed by atoms with Crippen molar-refractivity contribution in [2.24, 2.45) is 5.84 Å². The topological polar surface area (TPSA) is 82.8 Å². The predicted molar refractivity (Wildman–Crippen MR) is 61.3 cm³/mol. The molecule has 94 valence electrons. The van der Waals surface area contributed by atoms with Crippen LogP contribution in [0.1, 0.15) is 12.0 Å². The maximum absolute atomic E-state index is 11.0. The summed E-state index contributed by atoms with van der Waals surface area (Å²) in [5.74, 6) is 5.56. The Kier molecular flexibility index (Phi) is 5.25. The van der Waals surface area contributed by atoms with E-state index in [9.17, 15) is 4.79 Å². The molecular weight excluding hydrogens is 224 g/mol. The van der Waals surface area contributed by atoms with Gasteiger partial charge in [-0.3, -0.25) is 4.79 Å². The van der Waals surface area contributed by atoms with E-state index in [-0.39, 0.29) is 13.0 Å². The van der Waals surface area contributed by atoms with Crippen LogP contribution in [0.25, 0.3) is 0 Å². The molecule has 0 atom stereocenters. The molecular formula is C11H16N2O4. The fourth-order valence-electron chi connectivity index (χ4n) is 1.26. The predicted octanol–water partition coefficient (Wildman–Crippen LogP) is 0.694. The summed E-state index contributed by atoms with van der Waals surface area (Å²) >= 11 is 0. The van der Waals surface area contributed by atoms with Gasteiger partial charge in [-0.15, -0.1) is 0 Å². The molecule has 0 spiro atoms. The minimum atomic E-state index is -0.487. The number of ether oxygens (including phenoxy) is 2. The van der Waals surface area contributed by atoms with Crippen LogP contribution in [0, 0.1) is 6.92 Å². The minimum absolute atomic E-state index is 0.0984. The summed E-state index contributed by atoms with van der Waals surface area (Å²) in [5, 5.41) is 0. The molecule has 6 nitrogen and oxygen atoms in total. The number of methoxy groups -OCH3 is 1. The van der Waals surface area contributed by atoms with E-state index in [0.29, 0.717) is 11.5 Å². The molecule has 0 aliphatic rings. The highest BCUT2D eigenvalue weighted by Crippen LogP contribution is 2.27. The number of carbonyl (C=O) groups is 1. The van der Waals surface area contributed by atoms with Gasteiger partial charge in [0.25, 0.3) is 0 Å². The molecule has 0 aliphatic heterocycles. The van der Waals surface area contributed by atoms with Crippen LogP contribution in [0.4, 0.5) is 0 Å². The van der Waals surface area contributed by atoms with Crippen LogP contribution >= 0.6 is 0 Å². The number of nitrogens with two attached hydrogens (primary N) is 1. The van der Waals surface area contributed by atoms with Crippen LogP contribution < -0.4 is 20.9 Å². The van der Waals surface area contributed by atoms with Crippen molar-refractivity contribution in [3.8, 4) is 11.5 Å². The zero-order chi connectivity index (χ0) is 12.7. The first kappa shape index (κ1) is 13.3. The van der Waals surface area contributed by atoms with Crippen LogP contribution in [0.5, 0.6) is 11.5 Å². The highest BCUT2D eigenvalue weighted by atomic mass is 16.7. The van der Waals surface area contributed by atoms with E-state index in [1.807, 2.05) is 24.6 Å². The Morgan fingerprint density at radius 1 is 1.41 bits per heavy atom. The van der Waals surface area contributed by atoms with Gasteiger partial charge in [-0.05, 0) is 24.6 Å². The number of aryl methyl sites for hydroxylation is 1. The number of rotatable bonds is 6. The summed E-state index contributed by atoms with van der Waals surface area (Å²) in [6, 6.07) is 5.55. The maximum Gasteiger partial charge on any atom is 0.329 e. The van der Waals surface area contributed by atoms with Crippen LogP contribution in [-0.2, 0) is 9.63 Å². The molecule has 0 saturated heterocycles. The maximum atomic E-state index is 11.0. The molecule has 0 unspecified atom stereocenters. The van der Waals surface area contributed by atoms with Crippen molar-refractivity contribution >= 4 is 5.97 Å². The zero-order valence-corrected chi connectivity index (χ0v) is 9.86. The molecule has 0 aromatic heterocycles. The normalized spacial score (nSPS) is 9.82. The fourth-order valence-corrected chi connectivity index (χ4v) is 1.26. The Labute approximate surface area is 99.6 Å². The Balaban J connectivity index is 2.49. The van der Waals surface area contributed by atoms with Gasteiger partial charge in [-0.25, -0.2) is 5.84 Å². The standard InChI is InChI=1S/C11H16N2O4/c1-8-3-4-9(10(7-8)15-2)16-6-5-11(14)17-13-12/h3-4,7,13H,5-6,12H2,1-2H3. The molecule has 0 saturated carbocycles. The summed E-state index contributed by atoms with van der Waals surface area (Å²) in [7, 11) is 1.56. The van der Waals surface area contributed by atoms with Gasteiger partial charge in [0.05, 0.1) is 20.1 Å². The van der Waals surface area contributed by atoms with Crippen molar-refractivity contribution in [3.05, 3.63) is 23.8 Å². The van der Waals surface area contributed by atoms with Crippen LogP contribution in [0.2, 0.25) is 0 Å². The van der Waals surface area contributed by atoms with Gasteiger partial charge in [0.15, 0.2) is 11.5 Å². The average molecular weight is 240 g/mol. The highest BCUT2D eigenvalue weighted by molar-refractivity contribution is 5.69. The van der Waals surface area contributed by atoms with E-state index in [2.05, 4.69) is 4.84 Å². The average Bonchev–Trinajstić information content (AvgIpc) is 2.31. The largest absolute Gasteiger partial charge is 0.493 e. The molecule has 0 fully saturated rings. The van der Waals surface area contributed by atoms with Gasteiger partial charge in [-0.1, -0.05) is 11.7 Å². The van der Waals surface area contributed by atoms with Crippen molar-refractivity contribution in [1.29, 1.82) is 0 Å². The fraction of sp³-hybridized carbons (Fsp3) is 0.364. The third kappa shape index (κ3) is 4.29. The number of carbonyl (C=O) groups excluding carboxylic acids is 1. The van der Waals surface area contributed by atoms with E-state index in [1.54, 1.807) is 13.2 Å². The smallest absolute Gasteiger partial charge is 0.329 e. The van der Waals surface area contributed by atoms with Crippen molar-refractivity contribution in [1.82, 2.24) is 5.59 Å². The van der Waals surface area contributed by atoms with Crippen molar-refractivity contribution < 1.29 is 19.1 Å². The van der Waals surface area contributed by atoms with Gasteiger partial charge < -0.3 is 14.3 Å². The summed E-state index contributed by atoms with van der Waals surface area (Å²) < 4.78 is 10.6. The number of hydrogen-bond acceptors (Lipinski definition) is 6. The van der Waals surface area contributed by atoms with Crippen molar-refractivity contribution in [2.75, 3.05) is 13.7 Å². The number of hydrazine groups is 1. The first-order valence-electron chi connectivity index (χ1n) is 5.10. The molecule has 0 amide bonds. The molecule has 0 bridgehead atoms. The second-order valence-corrected chi connectivity index (χ2v) is 3.34. The Morgan fingerprint density at radius 3 is 2.82 bits per heavy atom. The molecule has 6 heteroatoms. The SMILES string of the molecule is COc1cc(C)ccc1OCCC(=O)ONN. The van der Waals surface area contributed by atoms with E-state index >= 15 is 0 Å². The van der Waals surface area contributed by atoms with E-state index < -0.39 is 5.97 Å². The first-order chi connectivity index (χ1) is 8.17. The van der Waals surface area contributed by atoms with Gasteiger partial charge >= 0.3 is 5.97 Å². The molecule has 17 heavy (non-hydrogen) atoms. The monoisotopic (exact) mass is 240 g/mol. The van der Waals surface area contributed by atoms with Crippen molar-refractivity contribution in [2.45, 2.75) is 13.3 Å². The lowest BCUT2D eigenvalue weighted by Gasteiger charge is -2.10. The molecule has 0 radical (unpaired) electrons. The van der Waals surface area contributed by atoms with Gasteiger partial charge in [0, 0.05) is 0 Å². The quantitative estimate of drug-likeness (QED) is 0.562. The molecule has 0 aliphatic carbocycles. The lowest BCUT2D eigenvalue weighted by atomic mass is 10.2. The third-order valence-corrected chi connectivity index (χ3v) is 2.06. The molecule has 1 aromatic rings. The van der Waals surface area contributed by atoms with Crippen LogP contribution in [0.3, 0.4) is 0 Å². The van der Waals surface area contributed by atoms with E-state index in [4.69, 9.17) is 15.3 Å². The van der Waals surface area contributed by atoms with Gasteiger partial charge in [-0.2, -0.15) is 0 Å². The molecule has 1 rings (SSSR count). The minimum Gasteiger partial charge on any atom is -0.493 e. The lowest BCUT2D eigenvalue weighted by Crippen LogP contribution is -2.26. The van der Waals surface area contributed by atoms with Crippen LogP contribution in [0.15, 0.2) is 18.2 Å². The number of nitrogens with one attached hydrogen (secondary N) is 1. The molecule has 1 aromatic carbocycles. The molecule has 0 heterocycles. The number of benzene rings is 1. The lowest BCUT2D eigenvalue weighted by molar-refractivity contribution is -0.151. The zero-order valence-electron chi connectivity index (χ0n) is 9.86.